The molecule has 0 bridgehead atoms. The maximum absolute atomic E-state index is 11.7. The number of hydrogen-bond donors (Lipinski definition) is 3. The summed E-state index contributed by atoms with van der Waals surface area (Å²) in [5.41, 5.74) is 5.27. The van der Waals surface area contributed by atoms with Gasteiger partial charge in [0.25, 0.3) is 0 Å². The van der Waals surface area contributed by atoms with E-state index >= 15 is 0 Å². The largest absolute Gasteiger partial charge is 0.480 e. The molecule has 1 saturated carbocycles. The van der Waals surface area contributed by atoms with Crippen molar-refractivity contribution in [3.8, 4) is 0 Å². The predicted molar refractivity (Wildman–Crippen MR) is 64.0 cm³/mol. The molecule has 0 aromatic heterocycles. The summed E-state index contributed by atoms with van der Waals surface area (Å²) in [7, 11) is -3.40. The predicted octanol–water partition coefficient (Wildman–Crippen LogP) is 0.0405. The van der Waals surface area contributed by atoms with Crippen molar-refractivity contribution in [3.63, 3.8) is 0 Å². The van der Waals surface area contributed by atoms with Crippen molar-refractivity contribution < 1.29 is 18.3 Å². The molecular formula is C10H20N2O4S. The van der Waals surface area contributed by atoms with Gasteiger partial charge >= 0.3 is 5.97 Å². The van der Waals surface area contributed by atoms with Crippen LogP contribution in [0.3, 0.4) is 0 Å². The second-order valence-electron chi connectivity index (χ2n) is 4.51. The van der Waals surface area contributed by atoms with Crippen molar-refractivity contribution in [3.05, 3.63) is 0 Å². The van der Waals surface area contributed by atoms with Gasteiger partial charge in [0.05, 0.1) is 5.75 Å². The minimum Gasteiger partial charge on any atom is -0.480 e. The highest BCUT2D eigenvalue weighted by molar-refractivity contribution is 7.89. The first-order chi connectivity index (χ1) is 7.91. The second kappa shape index (κ2) is 6.32. The lowest BCUT2D eigenvalue weighted by atomic mass is 9.96. The molecule has 0 heterocycles. The van der Waals surface area contributed by atoms with Crippen molar-refractivity contribution in [1.82, 2.24) is 4.72 Å². The summed E-state index contributed by atoms with van der Waals surface area (Å²) in [6.07, 6.45) is 4.91. The van der Waals surface area contributed by atoms with E-state index in [1.54, 1.807) is 0 Å². The Morgan fingerprint density at radius 3 is 2.47 bits per heavy atom. The van der Waals surface area contributed by atoms with Crippen LogP contribution in [-0.2, 0) is 14.8 Å². The van der Waals surface area contributed by atoms with Crippen LogP contribution >= 0.6 is 0 Å². The lowest BCUT2D eigenvalue weighted by molar-refractivity contribution is -0.138. The molecule has 0 amide bonds. The van der Waals surface area contributed by atoms with Crippen LogP contribution in [-0.4, -0.2) is 37.3 Å². The molecule has 4 N–H and O–H groups in total. The Labute approximate surface area is 102 Å². The van der Waals surface area contributed by atoms with Crippen LogP contribution in [0.15, 0.2) is 0 Å². The average molecular weight is 264 g/mol. The van der Waals surface area contributed by atoms with Crippen molar-refractivity contribution >= 4 is 16.0 Å². The summed E-state index contributed by atoms with van der Waals surface area (Å²) in [5.74, 6) is -1.39. The highest BCUT2D eigenvalue weighted by Gasteiger charge is 2.22. The van der Waals surface area contributed by atoms with Gasteiger partial charge in [0, 0.05) is 6.04 Å². The van der Waals surface area contributed by atoms with Gasteiger partial charge in [0.2, 0.25) is 10.0 Å². The van der Waals surface area contributed by atoms with Gasteiger partial charge in [0.15, 0.2) is 0 Å². The Kier molecular flexibility index (Phi) is 5.35. The molecule has 1 aliphatic rings. The number of nitrogens with one attached hydrogen (secondary N) is 1. The molecule has 17 heavy (non-hydrogen) atoms. The first kappa shape index (κ1) is 14.4. The van der Waals surface area contributed by atoms with E-state index in [-0.39, 0.29) is 18.2 Å². The summed E-state index contributed by atoms with van der Waals surface area (Å²) >= 11 is 0. The van der Waals surface area contributed by atoms with E-state index < -0.39 is 22.0 Å². The lowest BCUT2D eigenvalue weighted by Crippen LogP contribution is -2.40. The van der Waals surface area contributed by atoms with Gasteiger partial charge in [0.1, 0.15) is 6.04 Å². The first-order valence-electron chi connectivity index (χ1n) is 5.89. The zero-order valence-corrected chi connectivity index (χ0v) is 10.6. The zero-order valence-electron chi connectivity index (χ0n) is 9.76. The molecule has 0 aromatic rings. The molecule has 1 fully saturated rings. The minimum atomic E-state index is -3.40. The maximum atomic E-state index is 11.7. The fourth-order valence-electron chi connectivity index (χ4n) is 1.94. The fourth-order valence-corrected chi connectivity index (χ4v) is 3.36. The topological polar surface area (TPSA) is 109 Å². The molecule has 1 aliphatic carbocycles. The number of aliphatic carboxylic acids is 1. The van der Waals surface area contributed by atoms with Crippen molar-refractivity contribution in [2.24, 2.45) is 5.73 Å². The zero-order chi connectivity index (χ0) is 12.9. The summed E-state index contributed by atoms with van der Waals surface area (Å²) in [5, 5.41) is 8.56. The SMILES string of the molecule is N[C@@H](CCS(=O)(=O)NC1CCCCC1)C(=O)O. The van der Waals surface area contributed by atoms with Crippen LogP contribution < -0.4 is 10.5 Å². The molecular weight excluding hydrogens is 244 g/mol. The van der Waals surface area contributed by atoms with Crippen molar-refractivity contribution in [2.45, 2.75) is 50.6 Å². The molecule has 0 saturated heterocycles. The molecule has 0 aromatic carbocycles. The Balaban J connectivity index is 2.37. The third-order valence-corrected chi connectivity index (χ3v) is 4.43. The van der Waals surface area contributed by atoms with Crippen molar-refractivity contribution in [1.29, 1.82) is 0 Å². The number of rotatable bonds is 6. The van der Waals surface area contributed by atoms with Crippen LogP contribution in [0.1, 0.15) is 38.5 Å². The van der Waals surface area contributed by atoms with Gasteiger partial charge in [-0.3, -0.25) is 4.79 Å². The van der Waals surface area contributed by atoms with E-state index in [9.17, 15) is 13.2 Å². The molecule has 1 atom stereocenters. The first-order valence-corrected chi connectivity index (χ1v) is 7.54. The summed E-state index contributed by atoms with van der Waals surface area (Å²) in [6, 6.07) is -1.10. The van der Waals surface area contributed by atoms with Gasteiger partial charge in [-0.05, 0) is 19.3 Å². The highest BCUT2D eigenvalue weighted by Crippen LogP contribution is 2.18. The molecule has 1 rings (SSSR count). The smallest absolute Gasteiger partial charge is 0.320 e. The molecule has 7 heteroatoms. The fraction of sp³-hybridized carbons (Fsp3) is 0.900. The van der Waals surface area contributed by atoms with E-state index in [0.29, 0.717) is 0 Å². The Morgan fingerprint density at radius 2 is 1.94 bits per heavy atom. The van der Waals surface area contributed by atoms with E-state index in [0.717, 1.165) is 32.1 Å². The van der Waals surface area contributed by atoms with E-state index in [2.05, 4.69) is 4.72 Å². The molecule has 0 spiro atoms. The Hall–Kier alpha value is -0.660. The Morgan fingerprint density at radius 1 is 1.35 bits per heavy atom. The summed E-state index contributed by atoms with van der Waals surface area (Å²) in [6.45, 7) is 0. The standard InChI is InChI=1S/C10H20N2O4S/c11-9(10(13)14)6-7-17(15,16)12-8-4-2-1-3-5-8/h8-9,12H,1-7,11H2,(H,13,14)/t9-/m0/s1. The quantitative estimate of drug-likeness (QED) is 0.627. The second-order valence-corrected chi connectivity index (χ2v) is 6.38. The summed E-state index contributed by atoms with van der Waals surface area (Å²) < 4.78 is 25.9. The monoisotopic (exact) mass is 264 g/mol. The van der Waals surface area contributed by atoms with Crippen LogP contribution in [0.4, 0.5) is 0 Å². The van der Waals surface area contributed by atoms with Gasteiger partial charge in [-0.2, -0.15) is 0 Å². The molecule has 0 aliphatic heterocycles. The third-order valence-electron chi connectivity index (χ3n) is 2.97. The number of carboxylic acids is 1. The van der Waals surface area contributed by atoms with Crippen LogP contribution in [0, 0.1) is 0 Å². The summed E-state index contributed by atoms with van der Waals surface area (Å²) in [4.78, 5) is 10.5. The Bertz CT molecular complexity index is 349. The number of carboxylic acid groups (broad SMARTS) is 1. The van der Waals surface area contributed by atoms with Crippen LogP contribution in [0.5, 0.6) is 0 Å². The maximum Gasteiger partial charge on any atom is 0.320 e. The van der Waals surface area contributed by atoms with Crippen molar-refractivity contribution in [2.75, 3.05) is 5.75 Å². The van der Waals surface area contributed by atoms with Gasteiger partial charge in [-0.15, -0.1) is 0 Å². The lowest BCUT2D eigenvalue weighted by Gasteiger charge is -2.22. The average Bonchev–Trinajstić information content (AvgIpc) is 2.26. The van der Waals surface area contributed by atoms with Gasteiger partial charge < -0.3 is 10.8 Å². The van der Waals surface area contributed by atoms with E-state index in [1.165, 1.54) is 0 Å². The highest BCUT2D eigenvalue weighted by atomic mass is 32.2. The number of carbonyl (C=O) groups is 1. The molecule has 100 valence electrons. The van der Waals surface area contributed by atoms with Gasteiger partial charge in [-0.1, -0.05) is 19.3 Å². The minimum absolute atomic E-state index is 0.00908. The van der Waals surface area contributed by atoms with E-state index in [4.69, 9.17) is 10.8 Å². The van der Waals surface area contributed by atoms with Crippen LogP contribution in [0.25, 0.3) is 0 Å². The molecule has 6 nitrogen and oxygen atoms in total. The normalized spacial score (nSPS) is 20.1. The molecule has 0 unspecified atom stereocenters. The number of nitrogens with two attached hydrogens (primary N) is 1. The van der Waals surface area contributed by atoms with Gasteiger partial charge in [-0.25, -0.2) is 13.1 Å². The van der Waals surface area contributed by atoms with E-state index in [1.807, 2.05) is 0 Å². The molecule has 0 radical (unpaired) electrons. The number of sulfonamides is 1. The number of hydrogen-bond acceptors (Lipinski definition) is 4. The van der Waals surface area contributed by atoms with Crippen LogP contribution in [0.2, 0.25) is 0 Å². The third kappa shape index (κ3) is 5.47.